The van der Waals surface area contributed by atoms with E-state index in [0.717, 1.165) is 51.4 Å². The molecule has 0 aromatic heterocycles. The van der Waals surface area contributed by atoms with Crippen molar-refractivity contribution in [1.82, 2.24) is 9.80 Å². The van der Waals surface area contributed by atoms with Crippen molar-refractivity contribution in [2.75, 3.05) is 26.2 Å². The summed E-state index contributed by atoms with van der Waals surface area (Å²) < 4.78 is 0. The van der Waals surface area contributed by atoms with Crippen LogP contribution in [-0.2, 0) is 0 Å². The van der Waals surface area contributed by atoms with Crippen LogP contribution in [0.25, 0.3) is 0 Å². The molecule has 0 spiro atoms. The predicted octanol–water partition coefficient (Wildman–Crippen LogP) is 1.93. The van der Waals surface area contributed by atoms with Gasteiger partial charge in [-0.3, -0.25) is 0 Å². The van der Waals surface area contributed by atoms with Crippen LogP contribution in [-0.4, -0.2) is 48.1 Å². The number of nitrogens with zero attached hydrogens (tertiary/aromatic N) is 2. The van der Waals surface area contributed by atoms with Gasteiger partial charge in [-0.05, 0) is 31.1 Å². The smallest absolute Gasteiger partial charge is 0.320 e. The molecule has 0 aromatic carbocycles. The molecule has 106 valence electrons. The lowest BCUT2D eigenvalue weighted by atomic mass is 9.95. The summed E-state index contributed by atoms with van der Waals surface area (Å²) in [6.45, 7) is 7.92. The average molecular weight is 276 g/mol. The summed E-state index contributed by atoms with van der Waals surface area (Å²) in [7, 11) is 0. The van der Waals surface area contributed by atoms with Crippen molar-refractivity contribution in [2.45, 2.75) is 39.2 Å². The number of hydrogen-bond donors (Lipinski definition) is 1. The first-order valence-electron chi connectivity index (χ1n) is 6.87. The highest BCUT2D eigenvalue weighted by Gasteiger charge is 2.30. The van der Waals surface area contributed by atoms with Gasteiger partial charge in [0.15, 0.2) is 0 Å². The number of carbonyl (C=O) groups is 1. The molecule has 2 N–H and O–H groups in total. The van der Waals surface area contributed by atoms with Gasteiger partial charge in [-0.2, -0.15) is 0 Å². The summed E-state index contributed by atoms with van der Waals surface area (Å²) in [6.07, 6.45) is 3.24. The van der Waals surface area contributed by atoms with E-state index in [4.69, 9.17) is 5.73 Å². The molecule has 0 bridgehead atoms. The van der Waals surface area contributed by atoms with E-state index in [9.17, 15) is 4.79 Å². The van der Waals surface area contributed by atoms with Crippen LogP contribution in [0.4, 0.5) is 4.79 Å². The van der Waals surface area contributed by atoms with Crippen LogP contribution in [0.2, 0.25) is 0 Å². The molecular formula is C13H26ClN3O. The Balaban J connectivity index is 0.00000162. The van der Waals surface area contributed by atoms with Gasteiger partial charge in [0.25, 0.3) is 0 Å². The van der Waals surface area contributed by atoms with E-state index in [1.165, 1.54) is 0 Å². The van der Waals surface area contributed by atoms with Gasteiger partial charge in [0.05, 0.1) is 0 Å². The molecule has 2 amide bonds. The standard InChI is InChI=1S/C13H25N3O.ClH/c1-10-3-6-15(7-4-10)13(17)16-8-5-12(14)11(2)9-16;/h10-12H,3-9,14H2,1-2H3;1H. The molecule has 2 aliphatic rings. The second-order valence-electron chi connectivity index (χ2n) is 5.83. The zero-order chi connectivity index (χ0) is 12.4. The van der Waals surface area contributed by atoms with E-state index in [-0.39, 0.29) is 24.5 Å². The van der Waals surface area contributed by atoms with Crippen molar-refractivity contribution in [3.8, 4) is 0 Å². The Morgan fingerprint density at radius 1 is 1.06 bits per heavy atom. The molecule has 2 fully saturated rings. The van der Waals surface area contributed by atoms with Crippen molar-refractivity contribution in [3.05, 3.63) is 0 Å². The molecule has 0 radical (unpaired) electrons. The maximum absolute atomic E-state index is 12.3. The minimum atomic E-state index is 0. The Labute approximate surface area is 116 Å². The number of amides is 2. The number of rotatable bonds is 0. The highest BCUT2D eigenvalue weighted by atomic mass is 35.5. The summed E-state index contributed by atoms with van der Waals surface area (Å²) in [5.41, 5.74) is 5.99. The fourth-order valence-electron chi connectivity index (χ4n) is 2.74. The number of nitrogens with two attached hydrogens (primary N) is 1. The largest absolute Gasteiger partial charge is 0.327 e. The van der Waals surface area contributed by atoms with Gasteiger partial charge < -0.3 is 15.5 Å². The first-order valence-corrected chi connectivity index (χ1v) is 6.87. The minimum Gasteiger partial charge on any atom is -0.327 e. The molecule has 0 aliphatic carbocycles. The van der Waals surface area contributed by atoms with E-state index in [2.05, 4.69) is 13.8 Å². The summed E-state index contributed by atoms with van der Waals surface area (Å²) in [5.74, 6) is 1.20. The number of likely N-dealkylation sites (tertiary alicyclic amines) is 2. The van der Waals surface area contributed by atoms with Crippen LogP contribution in [0.15, 0.2) is 0 Å². The summed E-state index contributed by atoms with van der Waals surface area (Å²) in [6, 6.07) is 0.496. The van der Waals surface area contributed by atoms with Crippen LogP contribution in [0.5, 0.6) is 0 Å². The Kier molecular flexibility index (Phi) is 5.73. The number of urea groups is 1. The molecule has 2 saturated heterocycles. The Morgan fingerprint density at radius 2 is 1.61 bits per heavy atom. The van der Waals surface area contributed by atoms with Crippen LogP contribution < -0.4 is 5.73 Å². The second-order valence-corrected chi connectivity index (χ2v) is 5.83. The summed E-state index contributed by atoms with van der Waals surface area (Å²) in [5, 5.41) is 0. The SMILES string of the molecule is CC1CCN(C(=O)N2CCC(N)C(C)C2)CC1.Cl. The zero-order valence-corrected chi connectivity index (χ0v) is 12.3. The van der Waals surface area contributed by atoms with E-state index < -0.39 is 0 Å². The van der Waals surface area contributed by atoms with E-state index in [1.54, 1.807) is 0 Å². The molecule has 2 unspecified atom stereocenters. The number of halogens is 1. The monoisotopic (exact) mass is 275 g/mol. The van der Waals surface area contributed by atoms with Crippen LogP contribution in [0.3, 0.4) is 0 Å². The van der Waals surface area contributed by atoms with E-state index >= 15 is 0 Å². The van der Waals surface area contributed by atoms with Crippen molar-refractivity contribution in [1.29, 1.82) is 0 Å². The fraction of sp³-hybridized carbons (Fsp3) is 0.923. The van der Waals surface area contributed by atoms with Gasteiger partial charge in [0, 0.05) is 32.2 Å². The molecule has 2 rings (SSSR count). The lowest BCUT2D eigenvalue weighted by Crippen LogP contribution is -2.53. The maximum Gasteiger partial charge on any atom is 0.320 e. The van der Waals surface area contributed by atoms with Gasteiger partial charge in [-0.15, -0.1) is 12.4 Å². The predicted molar refractivity (Wildman–Crippen MR) is 75.9 cm³/mol. The molecule has 5 heteroatoms. The minimum absolute atomic E-state index is 0. The highest BCUT2D eigenvalue weighted by molar-refractivity contribution is 5.85. The molecule has 4 nitrogen and oxygen atoms in total. The molecule has 2 aliphatic heterocycles. The maximum atomic E-state index is 12.3. The Morgan fingerprint density at radius 3 is 2.17 bits per heavy atom. The first-order chi connectivity index (χ1) is 8.08. The van der Waals surface area contributed by atoms with Gasteiger partial charge in [-0.1, -0.05) is 13.8 Å². The van der Waals surface area contributed by atoms with Gasteiger partial charge >= 0.3 is 6.03 Å². The van der Waals surface area contributed by atoms with Gasteiger partial charge in [0.2, 0.25) is 0 Å². The van der Waals surface area contributed by atoms with E-state index in [1.807, 2.05) is 9.80 Å². The lowest BCUT2D eigenvalue weighted by Gasteiger charge is -2.39. The third-order valence-corrected chi connectivity index (χ3v) is 4.30. The van der Waals surface area contributed by atoms with Crippen molar-refractivity contribution < 1.29 is 4.79 Å². The Bertz CT molecular complexity index is 279. The number of piperidine rings is 2. The third kappa shape index (κ3) is 3.51. The third-order valence-electron chi connectivity index (χ3n) is 4.30. The highest BCUT2D eigenvalue weighted by Crippen LogP contribution is 2.20. The van der Waals surface area contributed by atoms with Crippen molar-refractivity contribution in [2.24, 2.45) is 17.6 Å². The van der Waals surface area contributed by atoms with Crippen molar-refractivity contribution >= 4 is 18.4 Å². The molecular weight excluding hydrogens is 250 g/mol. The number of carbonyl (C=O) groups excluding carboxylic acids is 1. The molecule has 0 aromatic rings. The quantitative estimate of drug-likeness (QED) is 0.734. The van der Waals surface area contributed by atoms with Crippen molar-refractivity contribution in [3.63, 3.8) is 0 Å². The average Bonchev–Trinajstić information content (AvgIpc) is 2.33. The molecule has 2 heterocycles. The number of hydrogen-bond acceptors (Lipinski definition) is 2. The van der Waals surface area contributed by atoms with Crippen LogP contribution in [0, 0.1) is 11.8 Å². The fourth-order valence-corrected chi connectivity index (χ4v) is 2.74. The van der Waals surface area contributed by atoms with Gasteiger partial charge in [-0.25, -0.2) is 4.79 Å². The summed E-state index contributed by atoms with van der Waals surface area (Å²) >= 11 is 0. The Hall–Kier alpha value is -0.480. The normalized spacial score (nSPS) is 29.9. The van der Waals surface area contributed by atoms with Crippen LogP contribution in [0.1, 0.15) is 33.1 Å². The summed E-state index contributed by atoms with van der Waals surface area (Å²) in [4.78, 5) is 16.3. The second kappa shape index (κ2) is 6.62. The van der Waals surface area contributed by atoms with E-state index in [0.29, 0.717) is 5.92 Å². The molecule has 18 heavy (non-hydrogen) atoms. The van der Waals surface area contributed by atoms with Crippen LogP contribution >= 0.6 is 12.4 Å². The zero-order valence-electron chi connectivity index (χ0n) is 11.5. The topological polar surface area (TPSA) is 49.6 Å². The molecule has 2 atom stereocenters. The molecule has 0 saturated carbocycles. The van der Waals surface area contributed by atoms with Gasteiger partial charge in [0.1, 0.15) is 0 Å². The first kappa shape index (κ1) is 15.6. The lowest BCUT2D eigenvalue weighted by molar-refractivity contribution is 0.112.